The van der Waals surface area contributed by atoms with Gasteiger partial charge in [-0.3, -0.25) is 4.79 Å². The Bertz CT molecular complexity index is 664. The maximum atomic E-state index is 12.7. The van der Waals surface area contributed by atoms with Crippen LogP contribution in [0.1, 0.15) is 48.7 Å². The molecule has 3 rings (SSSR count). The van der Waals surface area contributed by atoms with Gasteiger partial charge in [-0.25, -0.2) is 0 Å². The van der Waals surface area contributed by atoms with Crippen molar-refractivity contribution in [1.82, 2.24) is 15.1 Å². The molecule has 5 nitrogen and oxygen atoms in total. The Morgan fingerprint density at radius 2 is 1.72 bits per heavy atom. The summed E-state index contributed by atoms with van der Waals surface area (Å²) in [6.07, 6.45) is 4.96. The van der Waals surface area contributed by atoms with E-state index in [1.165, 1.54) is 25.7 Å². The van der Waals surface area contributed by atoms with Crippen LogP contribution in [0.3, 0.4) is 0 Å². The largest absolute Gasteiger partial charge is 0.355 e. The topological polar surface area (TPSA) is 49.3 Å². The monoisotopic (exact) mass is 338 g/mol. The molecule has 1 aromatic carbocycles. The van der Waals surface area contributed by atoms with E-state index < -0.39 is 0 Å². The summed E-state index contributed by atoms with van der Waals surface area (Å²) >= 11 is 0. The molecule has 1 saturated heterocycles. The molecule has 0 atom stereocenters. The van der Waals surface area contributed by atoms with Gasteiger partial charge in [0.25, 0.3) is 5.91 Å². The van der Waals surface area contributed by atoms with Gasteiger partial charge in [0.05, 0.1) is 0 Å². The third-order valence-electron chi connectivity index (χ3n) is 4.68. The predicted octanol–water partition coefficient (Wildman–Crippen LogP) is 3.52. The maximum absolute atomic E-state index is 12.7. The number of anilines is 1. The van der Waals surface area contributed by atoms with Crippen LogP contribution in [0.5, 0.6) is 0 Å². The standard InChI is InChI=1S/C20H26N4O/c1-2-23(16-17-10-6-5-7-11-17)20(25)18-12-13-19(22-21-18)24-14-8-3-4-9-15-24/h5-7,10-13H,2-4,8-9,14-16H2,1H3. The number of aromatic nitrogens is 2. The minimum Gasteiger partial charge on any atom is -0.355 e. The summed E-state index contributed by atoms with van der Waals surface area (Å²) in [5.41, 5.74) is 1.53. The zero-order valence-electron chi connectivity index (χ0n) is 14.9. The number of benzene rings is 1. The molecule has 1 aromatic heterocycles. The molecule has 0 aliphatic carbocycles. The minimum atomic E-state index is -0.0683. The first-order valence-electron chi connectivity index (χ1n) is 9.20. The Morgan fingerprint density at radius 1 is 1.00 bits per heavy atom. The number of hydrogen-bond acceptors (Lipinski definition) is 4. The average molecular weight is 338 g/mol. The molecule has 132 valence electrons. The molecule has 0 saturated carbocycles. The first-order valence-corrected chi connectivity index (χ1v) is 9.20. The third-order valence-corrected chi connectivity index (χ3v) is 4.68. The molecule has 0 radical (unpaired) electrons. The van der Waals surface area contributed by atoms with Gasteiger partial charge in [-0.1, -0.05) is 43.2 Å². The molecular weight excluding hydrogens is 312 g/mol. The highest BCUT2D eigenvalue weighted by atomic mass is 16.2. The Kier molecular flexibility index (Phi) is 5.99. The van der Waals surface area contributed by atoms with Gasteiger partial charge < -0.3 is 9.80 Å². The van der Waals surface area contributed by atoms with Gasteiger partial charge in [0.2, 0.25) is 0 Å². The van der Waals surface area contributed by atoms with Crippen molar-refractivity contribution in [3.8, 4) is 0 Å². The lowest BCUT2D eigenvalue weighted by Gasteiger charge is -2.22. The smallest absolute Gasteiger partial charge is 0.274 e. The second-order valence-corrected chi connectivity index (χ2v) is 6.48. The zero-order chi connectivity index (χ0) is 17.5. The number of rotatable bonds is 5. The van der Waals surface area contributed by atoms with Crippen molar-refractivity contribution < 1.29 is 4.79 Å². The van der Waals surface area contributed by atoms with Crippen molar-refractivity contribution >= 4 is 11.7 Å². The van der Waals surface area contributed by atoms with Crippen LogP contribution in [0.4, 0.5) is 5.82 Å². The van der Waals surface area contributed by atoms with Crippen molar-refractivity contribution in [2.24, 2.45) is 0 Å². The number of carbonyl (C=O) groups excluding carboxylic acids is 1. The Balaban J connectivity index is 1.68. The van der Waals surface area contributed by atoms with E-state index in [0.29, 0.717) is 18.8 Å². The summed E-state index contributed by atoms with van der Waals surface area (Å²) in [4.78, 5) is 16.8. The number of hydrogen-bond donors (Lipinski definition) is 0. The van der Waals surface area contributed by atoms with Crippen LogP contribution in [0.2, 0.25) is 0 Å². The summed E-state index contributed by atoms with van der Waals surface area (Å²) in [5.74, 6) is 0.811. The zero-order valence-corrected chi connectivity index (χ0v) is 14.9. The van der Waals surface area contributed by atoms with Gasteiger partial charge in [0.15, 0.2) is 11.5 Å². The van der Waals surface area contributed by atoms with Crippen molar-refractivity contribution in [2.75, 3.05) is 24.5 Å². The quantitative estimate of drug-likeness (QED) is 0.837. The van der Waals surface area contributed by atoms with E-state index in [4.69, 9.17) is 0 Å². The van der Waals surface area contributed by atoms with E-state index in [1.807, 2.05) is 49.4 Å². The van der Waals surface area contributed by atoms with Crippen LogP contribution in [-0.2, 0) is 6.54 Å². The summed E-state index contributed by atoms with van der Waals surface area (Å²) in [6, 6.07) is 13.8. The summed E-state index contributed by atoms with van der Waals surface area (Å²) in [6.45, 7) is 5.27. The van der Waals surface area contributed by atoms with E-state index in [1.54, 1.807) is 4.90 Å². The van der Waals surface area contributed by atoms with E-state index in [0.717, 1.165) is 24.5 Å². The molecular formula is C20H26N4O. The lowest BCUT2D eigenvalue weighted by atomic mass is 10.2. The third kappa shape index (κ3) is 4.56. The van der Waals surface area contributed by atoms with Gasteiger partial charge >= 0.3 is 0 Å². The van der Waals surface area contributed by atoms with Crippen molar-refractivity contribution in [3.63, 3.8) is 0 Å². The molecule has 0 unspecified atom stereocenters. The Labute approximate surface area is 149 Å². The lowest BCUT2D eigenvalue weighted by Crippen LogP contribution is -2.31. The maximum Gasteiger partial charge on any atom is 0.274 e. The van der Waals surface area contributed by atoms with E-state index >= 15 is 0 Å². The summed E-state index contributed by atoms with van der Waals surface area (Å²) in [5, 5.41) is 8.53. The Hall–Kier alpha value is -2.43. The number of nitrogens with zero attached hydrogens (tertiary/aromatic N) is 4. The van der Waals surface area contributed by atoms with Crippen molar-refractivity contribution in [2.45, 2.75) is 39.2 Å². The number of amides is 1. The van der Waals surface area contributed by atoms with Gasteiger partial charge in [-0.15, -0.1) is 10.2 Å². The van der Waals surface area contributed by atoms with Crippen LogP contribution < -0.4 is 4.90 Å². The normalized spacial score (nSPS) is 14.8. The molecule has 25 heavy (non-hydrogen) atoms. The molecule has 5 heteroatoms. The molecule has 0 N–H and O–H groups in total. The molecule has 1 aliphatic rings. The molecule has 1 fully saturated rings. The minimum absolute atomic E-state index is 0.0683. The molecule has 0 bridgehead atoms. The van der Waals surface area contributed by atoms with Crippen LogP contribution >= 0.6 is 0 Å². The predicted molar refractivity (Wildman–Crippen MR) is 99.6 cm³/mol. The van der Waals surface area contributed by atoms with E-state index in [-0.39, 0.29) is 5.91 Å². The van der Waals surface area contributed by atoms with E-state index in [9.17, 15) is 4.79 Å². The van der Waals surface area contributed by atoms with Gasteiger partial charge in [0, 0.05) is 26.2 Å². The second kappa shape index (κ2) is 8.60. The fraction of sp³-hybridized carbons (Fsp3) is 0.450. The van der Waals surface area contributed by atoms with Crippen molar-refractivity contribution in [1.29, 1.82) is 0 Å². The molecule has 2 aromatic rings. The van der Waals surface area contributed by atoms with Crippen LogP contribution in [-0.4, -0.2) is 40.6 Å². The SMILES string of the molecule is CCN(Cc1ccccc1)C(=O)c1ccc(N2CCCCCC2)nn1. The average Bonchev–Trinajstić information content (AvgIpc) is 2.96. The van der Waals surface area contributed by atoms with E-state index in [2.05, 4.69) is 15.1 Å². The molecule has 1 amide bonds. The second-order valence-electron chi connectivity index (χ2n) is 6.48. The van der Waals surface area contributed by atoms with Crippen LogP contribution in [0.25, 0.3) is 0 Å². The first-order chi connectivity index (χ1) is 12.3. The fourth-order valence-corrected chi connectivity index (χ4v) is 3.20. The van der Waals surface area contributed by atoms with Crippen molar-refractivity contribution in [3.05, 3.63) is 53.7 Å². The number of carbonyl (C=O) groups is 1. The lowest BCUT2D eigenvalue weighted by molar-refractivity contribution is 0.0745. The Morgan fingerprint density at radius 3 is 2.32 bits per heavy atom. The van der Waals surface area contributed by atoms with Gasteiger partial charge in [-0.2, -0.15) is 0 Å². The highest BCUT2D eigenvalue weighted by Gasteiger charge is 2.18. The van der Waals surface area contributed by atoms with Crippen LogP contribution in [0.15, 0.2) is 42.5 Å². The fourth-order valence-electron chi connectivity index (χ4n) is 3.20. The van der Waals surface area contributed by atoms with Gasteiger partial charge in [0.1, 0.15) is 0 Å². The first kappa shape index (κ1) is 17.4. The highest BCUT2D eigenvalue weighted by molar-refractivity contribution is 5.92. The molecule has 1 aliphatic heterocycles. The molecule has 0 spiro atoms. The van der Waals surface area contributed by atoms with Crippen LogP contribution in [0, 0.1) is 0 Å². The molecule has 2 heterocycles. The summed E-state index contributed by atoms with van der Waals surface area (Å²) < 4.78 is 0. The van der Waals surface area contributed by atoms with Gasteiger partial charge in [-0.05, 0) is 37.5 Å². The highest BCUT2D eigenvalue weighted by Crippen LogP contribution is 2.17. The summed E-state index contributed by atoms with van der Waals surface area (Å²) in [7, 11) is 0.